The van der Waals surface area contributed by atoms with E-state index in [1.54, 1.807) is 12.1 Å². The monoisotopic (exact) mass is 226 g/mol. The molecule has 2 aromatic carbocycles. The quantitative estimate of drug-likeness (QED) is 0.809. The van der Waals surface area contributed by atoms with Crippen LogP contribution < -0.4 is 4.74 Å². The lowest BCUT2D eigenvalue weighted by Crippen LogP contribution is -2.18. The lowest BCUT2D eigenvalue weighted by atomic mass is 9.90. The Balaban J connectivity index is 1.88. The summed E-state index contributed by atoms with van der Waals surface area (Å²) >= 11 is 0. The van der Waals surface area contributed by atoms with Crippen LogP contribution in [0.1, 0.15) is 17.0 Å². The summed E-state index contributed by atoms with van der Waals surface area (Å²) in [6.07, 6.45) is 0.972. The van der Waals surface area contributed by atoms with Crippen molar-refractivity contribution in [3.05, 3.63) is 59.7 Å². The zero-order valence-electron chi connectivity index (χ0n) is 9.47. The van der Waals surface area contributed by atoms with E-state index in [4.69, 9.17) is 4.74 Å². The lowest BCUT2D eigenvalue weighted by Gasteiger charge is -2.25. The summed E-state index contributed by atoms with van der Waals surface area (Å²) in [4.78, 5) is 0. The van der Waals surface area contributed by atoms with Gasteiger partial charge >= 0.3 is 0 Å². The SMILES string of the molecule is Oc1ccc2c(c1)OC[C@@H](c1ccccc1)C2. The molecule has 1 aliphatic rings. The molecule has 1 atom stereocenters. The average Bonchev–Trinajstić information content (AvgIpc) is 2.39. The summed E-state index contributed by atoms with van der Waals surface area (Å²) in [5.41, 5.74) is 2.48. The van der Waals surface area contributed by atoms with Crippen LogP contribution in [0.25, 0.3) is 0 Å². The first-order valence-electron chi connectivity index (χ1n) is 5.82. The molecule has 0 saturated carbocycles. The molecule has 17 heavy (non-hydrogen) atoms. The largest absolute Gasteiger partial charge is 0.508 e. The highest BCUT2D eigenvalue weighted by atomic mass is 16.5. The zero-order chi connectivity index (χ0) is 11.7. The third-order valence-corrected chi connectivity index (χ3v) is 3.23. The van der Waals surface area contributed by atoms with Crippen LogP contribution in [0.2, 0.25) is 0 Å². The minimum absolute atomic E-state index is 0.266. The molecular formula is C15H14O2. The Labute approximate surface area is 100 Å². The molecule has 2 nitrogen and oxygen atoms in total. The Morgan fingerprint density at radius 3 is 2.71 bits per heavy atom. The van der Waals surface area contributed by atoms with Gasteiger partial charge in [0.25, 0.3) is 0 Å². The van der Waals surface area contributed by atoms with Crippen molar-refractivity contribution in [1.29, 1.82) is 0 Å². The number of fused-ring (bicyclic) bond motifs is 1. The summed E-state index contributed by atoms with van der Waals surface area (Å²) in [6, 6.07) is 15.8. The molecule has 0 unspecified atom stereocenters. The normalized spacial score (nSPS) is 18.2. The number of phenolic OH excluding ortho intramolecular Hbond substituents is 1. The number of ether oxygens (including phenoxy) is 1. The summed E-state index contributed by atoms with van der Waals surface area (Å²) in [5.74, 6) is 1.49. The molecule has 0 fully saturated rings. The molecular weight excluding hydrogens is 212 g/mol. The molecule has 3 rings (SSSR count). The lowest BCUT2D eigenvalue weighted by molar-refractivity contribution is 0.261. The van der Waals surface area contributed by atoms with E-state index in [0.29, 0.717) is 12.5 Å². The Morgan fingerprint density at radius 1 is 1.06 bits per heavy atom. The van der Waals surface area contributed by atoms with Gasteiger partial charge in [0.05, 0.1) is 6.61 Å². The van der Waals surface area contributed by atoms with Crippen LogP contribution in [0.3, 0.4) is 0 Å². The van der Waals surface area contributed by atoms with E-state index in [1.807, 2.05) is 12.1 Å². The molecule has 0 aliphatic carbocycles. The number of hydrogen-bond donors (Lipinski definition) is 1. The maximum absolute atomic E-state index is 9.39. The van der Waals surface area contributed by atoms with Crippen molar-refractivity contribution in [3.8, 4) is 11.5 Å². The minimum atomic E-state index is 0.266. The standard InChI is InChI=1S/C15H14O2/c16-14-7-6-12-8-13(10-17-15(12)9-14)11-4-2-1-3-5-11/h1-7,9,13,16H,8,10H2/t13-/m0/s1. The van der Waals surface area contributed by atoms with E-state index < -0.39 is 0 Å². The van der Waals surface area contributed by atoms with Crippen LogP contribution in [-0.2, 0) is 6.42 Å². The molecule has 86 valence electrons. The third kappa shape index (κ3) is 1.98. The molecule has 0 amide bonds. The number of aromatic hydroxyl groups is 1. The van der Waals surface area contributed by atoms with Crippen LogP contribution in [0.4, 0.5) is 0 Å². The van der Waals surface area contributed by atoms with E-state index >= 15 is 0 Å². The molecule has 0 radical (unpaired) electrons. The molecule has 1 aliphatic heterocycles. The van der Waals surface area contributed by atoms with Crippen molar-refractivity contribution in [1.82, 2.24) is 0 Å². The fourth-order valence-electron chi connectivity index (χ4n) is 2.30. The predicted octanol–water partition coefficient (Wildman–Crippen LogP) is 3.11. The average molecular weight is 226 g/mol. The van der Waals surface area contributed by atoms with E-state index in [-0.39, 0.29) is 5.75 Å². The van der Waals surface area contributed by atoms with Crippen LogP contribution in [-0.4, -0.2) is 11.7 Å². The van der Waals surface area contributed by atoms with Crippen molar-refractivity contribution in [3.63, 3.8) is 0 Å². The molecule has 2 heteroatoms. The van der Waals surface area contributed by atoms with Gasteiger partial charge in [0.2, 0.25) is 0 Å². The number of benzene rings is 2. The van der Waals surface area contributed by atoms with Crippen molar-refractivity contribution in [2.24, 2.45) is 0 Å². The Bertz CT molecular complexity index is 520. The van der Waals surface area contributed by atoms with E-state index in [0.717, 1.165) is 12.2 Å². The molecule has 2 aromatic rings. The van der Waals surface area contributed by atoms with Crippen molar-refractivity contribution in [2.75, 3.05) is 6.61 Å². The second kappa shape index (κ2) is 4.13. The van der Waals surface area contributed by atoms with Gasteiger partial charge < -0.3 is 9.84 Å². The fourth-order valence-corrected chi connectivity index (χ4v) is 2.30. The highest BCUT2D eigenvalue weighted by Crippen LogP contribution is 2.34. The van der Waals surface area contributed by atoms with Crippen molar-refractivity contribution in [2.45, 2.75) is 12.3 Å². The number of rotatable bonds is 1. The highest BCUT2D eigenvalue weighted by Gasteiger charge is 2.21. The van der Waals surface area contributed by atoms with Crippen LogP contribution in [0.15, 0.2) is 48.5 Å². The van der Waals surface area contributed by atoms with Gasteiger partial charge in [-0.25, -0.2) is 0 Å². The molecule has 0 bridgehead atoms. The summed E-state index contributed by atoms with van der Waals surface area (Å²) in [7, 11) is 0. The van der Waals surface area contributed by atoms with Crippen LogP contribution >= 0.6 is 0 Å². The van der Waals surface area contributed by atoms with Gasteiger partial charge in [-0.1, -0.05) is 36.4 Å². The fraction of sp³-hybridized carbons (Fsp3) is 0.200. The smallest absolute Gasteiger partial charge is 0.126 e. The Morgan fingerprint density at radius 2 is 1.88 bits per heavy atom. The van der Waals surface area contributed by atoms with Gasteiger partial charge in [0.15, 0.2) is 0 Å². The summed E-state index contributed by atoms with van der Waals surface area (Å²) in [6.45, 7) is 0.681. The molecule has 0 spiro atoms. The van der Waals surface area contributed by atoms with E-state index in [1.165, 1.54) is 11.1 Å². The van der Waals surface area contributed by atoms with Gasteiger partial charge in [0, 0.05) is 12.0 Å². The summed E-state index contributed by atoms with van der Waals surface area (Å²) in [5, 5.41) is 9.39. The first-order chi connectivity index (χ1) is 8.33. The zero-order valence-corrected chi connectivity index (χ0v) is 9.47. The summed E-state index contributed by atoms with van der Waals surface area (Å²) < 4.78 is 5.71. The van der Waals surface area contributed by atoms with Crippen molar-refractivity contribution >= 4 is 0 Å². The van der Waals surface area contributed by atoms with Gasteiger partial charge in [-0.15, -0.1) is 0 Å². The highest BCUT2D eigenvalue weighted by molar-refractivity contribution is 5.42. The van der Waals surface area contributed by atoms with Crippen molar-refractivity contribution < 1.29 is 9.84 Å². The Hall–Kier alpha value is -1.96. The first-order valence-corrected chi connectivity index (χ1v) is 5.82. The van der Waals surface area contributed by atoms with Gasteiger partial charge in [-0.2, -0.15) is 0 Å². The second-order valence-corrected chi connectivity index (χ2v) is 4.41. The molecule has 1 heterocycles. The Kier molecular flexibility index (Phi) is 2.48. The van der Waals surface area contributed by atoms with Gasteiger partial charge in [-0.3, -0.25) is 0 Å². The van der Waals surface area contributed by atoms with E-state index in [9.17, 15) is 5.11 Å². The topological polar surface area (TPSA) is 29.5 Å². The first kappa shape index (κ1) is 10.2. The van der Waals surface area contributed by atoms with Crippen LogP contribution in [0.5, 0.6) is 11.5 Å². The number of phenols is 1. The maximum atomic E-state index is 9.39. The van der Waals surface area contributed by atoms with E-state index in [2.05, 4.69) is 24.3 Å². The van der Waals surface area contributed by atoms with Crippen LogP contribution in [0, 0.1) is 0 Å². The maximum Gasteiger partial charge on any atom is 0.126 e. The molecule has 0 aromatic heterocycles. The minimum Gasteiger partial charge on any atom is -0.508 e. The molecule has 1 N–H and O–H groups in total. The number of hydrogen-bond acceptors (Lipinski definition) is 2. The van der Waals surface area contributed by atoms with Gasteiger partial charge in [0.1, 0.15) is 11.5 Å². The third-order valence-electron chi connectivity index (χ3n) is 3.23. The predicted molar refractivity (Wildman–Crippen MR) is 66.5 cm³/mol. The van der Waals surface area contributed by atoms with Gasteiger partial charge in [-0.05, 0) is 23.6 Å². The second-order valence-electron chi connectivity index (χ2n) is 4.41. The molecule has 0 saturated heterocycles.